The molecule has 0 bridgehead atoms. The Kier molecular flexibility index (Phi) is 4.85. The Labute approximate surface area is 150 Å². The fraction of sp³-hybridized carbons (Fsp3) is 0.350. The van der Waals surface area contributed by atoms with Crippen LogP contribution < -0.4 is 9.47 Å². The van der Waals surface area contributed by atoms with Crippen LogP contribution in [0, 0.1) is 11.6 Å². The van der Waals surface area contributed by atoms with E-state index in [1.54, 1.807) is 6.07 Å². The summed E-state index contributed by atoms with van der Waals surface area (Å²) in [4.78, 5) is 10.5. The molecule has 0 saturated heterocycles. The van der Waals surface area contributed by atoms with Crippen LogP contribution in [0.5, 0.6) is 11.5 Å². The molecule has 0 saturated carbocycles. The highest BCUT2D eigenvalue weighted by molar-refractivity contribution is 5.74. The molecule has 138 valence electrons. The van der Waals surface area contributed by atoms with Crippen LogP contribution in [0.25, 0.3) is 11.1 Å². The molecule has 26 heavy (non-hydrogen) atoms. The van der Waals surface area contributed by atoms with Crippen molar-refractivity contribution in [3.8, 4) is 22.6 Å². The molecular formula is C20H20F2O4. The molecule has 2 aromatic carbocycles. The van der Waals surface area contributed by atoms with Crippen LogP contribution in [-0.2, 0) is 11.2 Å². The van der Waals surface area contributed by atoms with Crippen molar-refractivity contribution in [3.63, 3.8) is 0 Å². The van der Waals surface area contributed by atoms with Crippen molar-refractivity contribution in [2.24, 2.45) is 0 Å². The highest BCUT2D eigenvalue weighted by Gasteiger charge is 2.32. The SMILES string of the molecule is CC1(C)Cc2cccc(-c3cc(F)c(OCCCC(=O)O)c(F)c3)c2O1. The Morgan fingerprint density at radius 3 is 2.62 bits per heavy atom. The number of benzene rings is 2. The summed E-state index contributed by atoms with van der Waals surface area (Å²) in [5.74, 6) is -2.49. The van der Waals surface area contributed by atoms with Crippen molar-refractivity contribution < 1.29 is 28.2 Å². The van der Waals surface area contributed by atoms with E-state index in [0.29, 0.717) is 16.9 Å². The summed E-state index contributed by atoms with van der Waals surface area (Å²) >= 11 is 0. The Bertz CT molecular complexity index is 823. The van der Waals surface area contributed by atoms with Gasteiger partial charge < -0.3 is 14.6 Å². The van der Waals surface area contributed by atoms with Gasteiger partial charge in [0.15, 0.2) is 17.4 Å². The number of rotatable bonds is 6. The number of para-hydroxylation sites is 1. The molecule has 1 N–H and O–H groups in total. The lowest BCUT2D eigenvalue weighted by Crippen LogP contribution is -2.24. The molecule has 0 unspecified atom stereocenters. The minimum atomic E-state index is -0.981. The molecule has 0 aliphatic carbocycles. The maximum absolute atomic E-state index is 14.4. The number of hydrogen-bond donors (Lipinski definition) is 1. The molecule has 0 amide bonds. The zero-order chi connectivity index (χ0) is 18.9. The minimum Gasteiger partial charge on any atom is -0.488 e. The van der Waals surface area contributed by atoms with E-state index in [1.165, 1.54) is 12.1 Å². The van der Waals surface area contributed by atoms with Crippen molar-refractivity contribution in [1.82, 2.24) is 0 Å². The maximum atomic E-state index is 14.4. The molecule has 0 fully saturated rings. The molecule has 4 nitrogen and oxygen atoms in total. The van der Waals surface area contributed by atoms with Gasteiger partial charge in [-0.2, -0.15) is 0 Å². The molecule has 0 radical (unpaired) electrons. The van der Waals surface area contributed by atoms with Gasteiger partial charge in [-0.15, -0.1) is 0 Å². The van der Waals surface area contributed by atoms with E-state index in [0.717, 1.165) is 12.0 Å². The van der Waals surface area contributed by atoms with Crippen LogP contribution in [0.3, 0.4) is 0 Å². The lowest BCUT2D eigenvalue weighted by molar-refractivity contribution is -0.137. The van der Waals surface area contributed by atoms with E-state index >= 15 is 0 Å². The molecular weight excluding hydrogens is 342 g/mol. The van der Waals surface area contributed by atoms with E-state index in [-0.39, 0.29) is 25.0 Å². The number of halogens is 2. The predicted molar refractivity (Wildman–Crippen MR) is 92.6 cm³/mol. The van der Waals surface area contributed by atoms with Gasteiger partial charge in [-0.05, 0) is 43.5 Å². The first-order chi connectivity index (χ1) is 12.3. The third kappa shape index (κ3) is 3.79. The smallest absolute Gasteiger partial charge is 0.303 e. The van der Waals surface area contributed by atoms with Crippen LogP contribution >= 0.6 is 0 Å². The number of fused-ring (bicyclic) bond motifs is 1. The molecule has 0 aromatic heterocycles. The summed E-state index contributed by atoms with van der Waals surface area (Å²) in [5, 5.41) is 8.58. The van der Waals surface area contributed by atoms with E-state index in [1.807, 2.05) is 26.0 Å². The van der Waals surface area contributed by atoms with Gasteiger partial charge in [-0.1, -0.05) is 18.2 Å². The Balaban J connectivity index is 1.86. The first kappa shape index (κ1) is 18.2. The van der Waals surface area contributed by atoms with Gasteiger partial charge in [0.2, 0.25) is 0 Å². The van der Waals surface area contributed by atoms with E-state index in [4.69, 9.17) is 14.6 Å². The lowest BCUT2D eigenvalue weighted by atomic mass is 9.98. The second-order valence-corrected chi connectivity index (χ2v) is 6.95. The molecule has 1 heterocycles. The zero-order valence-electron chi connectivity index (χ0n) is 14.6. The second kappa shape index (κ2) is 6.94. The summed E-state index contributed by atoms with van der Waals surface area (Å²) in [5.41, 5.74) is 1.64. The summed E-state index contributed by atoms with van der Waals surface area (Å²) in [6.07, 6.45) is 0.779. The molecule has 0 spiro atoms. The molecule has 1 aliphatic heterocycles. The normalized spacial score (nSPS) is 14.6. The minimum absolute atomic E-state index is 0.0719. The standard InChI is InChI=1S/C20H20F2O4/c1-20(2)11-12-5-3-6-14(18(12)26-20)13-9-15(21)19(16(22)10-13)25-8-4-7-17(23)24/h3,5-6,9-10H,4,7-8,11H2,1-2H3,(H,23,24). The largest absolute Gasteiger partial charge is 0.488 e. The number of carbonyl (C=O) groups is 1. The van der Waals surface area contributed by atoms with Gasteiger partial charge in [0.25, 0.3) is 0 Å². The highest BCUT2D eigenvalue weighted by Crippen LogP contribution is 2.43. The van der Waals surface area contributed by atoms with Crippen molar-refractivity contribution in [1.29, 1.82) is 0 Å². The second-order valence-electron chi connectivity index (χ2n) is 6.95. The topological polar surface area (TPSA) is 55.8 Å². The van der Waals surface area contributed by atoms with Crippen LogP contribution in [-0.4, -0.2) is 23.3 Å². The van der Waals surface area contributed by atoms with Crippen LogP contribution in [0.1, 0.15) is 32.3 Å². The van der Waals surface area contributed by atoms with Crippen molar-refractivity contribution in [2.45, 2.75) is 38.7 Å². The van der Waals surface area contributed by atoms with Crippen molar-refractivity contribution in [2.75, 3.05) is 6.61 Å². The molecule has 2 aromatic rings. The van der Waals surface area contributed by atoms with Gasteiger partial charge in [0, 0.05) is 18.4 Å². The van der Waals surface area contributed by atoms with Gasteiger partial charge in [-0.25, -0.2) is 8.78 Å². The Hall–Kier alpha value is -2.63. The third-order valence-corrected chi connectivity index (χ3v) is 4.18. The predicted octanol–water partition coefficient (Wildman–Crippen LogP) is 4.59. The Morgan fingerprint density at radius 2 is 1.96 bits per heavy atom. The zero-order valence-corrected chi connectivity index (χ0v) is 14.6. The summed E-state index contributed by atoms with van der Waals surface area (Å²) in [6, 6.07) is 7.97. The van der Waals surface area contributed by atoms with Crippen LogP contribution in [0.4, 0.5) is 8.78 Å². The highest BCUT2D eigenvalue weighted by atomic mass is 19.1. The number of aliphatic carboxylic acids is 1. The molecule has 3 rings (SSSR count). The number of carboxylic acids is 1. The van der Waals surface area contributed by atoms with E-state index < -0.39 is 23.4 Å². The lowest BCUT2D eigenvalue weighted by Gasteiger charge is -2.18. The van der Waals surface area contributed by atoms with Gasteiger partial charge in [0.1, 0.15) is 11.4 Å². The van der Waals surface area contributed by atoms with E-state index in [9.17, 15) is 13.6 Å². The fourth-order valence-electron chi connectivity index (χ4n) is 3.09. The van der Waals surface area contributed by atoms with Gasteiger partial charge >= 0.3 is 5.97 Å². The van der Waals surface area contributed by atoms with Crippen molar-refractivity contribution >= 4 is 5.97 Å². The summed E-state index contributed by atoms with van der Waals surface area (Å²) in [6.45, 7) is 3.86. The maximum Gasteiger partial charge on any atom is 0.303 e. The molecule has 0 atom stereocenters. The first-order valence-electron chi connectivity index (χ1n) is 8.42. The number of carboxylic acid groups (broad SMARTS) is 1. The average Bonchev–Trinajstić information content (AvgIpc) is 2.86. The molecule has 1 aliphatic rings. The van der Waals surface area contributed by atoms with Gasteiger partial charge in [-0.3, -0.25) is 4.79 Å². The average molecular weight is 362 g/mol. The summed E-state index contributed by atoms with van der Waals surface area (Å²) < 4.78 is 39.8. The van der Waals surface area contributed by atoms with Crippen LogP contribution in [0.15, 0.2) is 30.3 Å². The number of ether oxygens (including phenoxy) is 2. The molecule has 6 heteroatoms. The fourth-order valence-corrected chi connectivity index (χ4v) is 3.09. The summed E-state index contributed by atoms with van der Waals surface area (Å²) in [7, 11) is 0. The third-order valence-electron chi connectivity index (χ3n) is 4.18. The monoisotopic (exact) mass is 362 g/mol. The van der Waals surface area contributed by atoms with Crippen LogP contribution in [0.2, 0.25) is 0 Å². The Morgan fingerprint density at radius 1 is 1.27 bits per heavy atom. The van der Waals surface area contributed by atoms with E-state index in [2.05, 4.69) is 0 Å². The quantitative estimate of drug-likeness (QED) is 0.764. The van der Waals surface area contributed by atoms with Crippen molar-refractivity contribution in [3.05, 3.63) is 47.5 Å². The first-order valence-corrected chi connectivity index (χ1v) is 8.42. The van der Waals surface area contributed by atoms with Gasteiger partial charge in [0.05, 0.1) is 6.61 Å². The number of hydrogen-bond acceptors (Lipinski definition) is 3.